The molecule has 166 valence electrons. The zero-order chi connectivity index (χ0) is 23.3. The first-order valence-electron chi connectivity index (χ1n) is 8.73. The summed E-state index contributed by atoms with van der Waals surface area (Å²) < 4.78 is 38.2. The Labute approximate surface area is 181 Å². The molecule has 3 N–H and O–H groups in total. The highest BCUT2D eigenvalue weighted by atomic mass is 32.2. The third kappa shape index (κ3) is 5.27. The van der Waals surface area contributed by atoms with Gasteiger partial charge in [0.25, 0.3) is 5.69 Å². The summed E-state index contributed by atoms with van der Waals surface area (Å²) in [6.07, 6.45) is 2.67. The highest BCUT2D eigenvalue weighted by Gasteiger charge is 2.19. The highest BCUT2D eigenvalue weighted by Crippen LogP contribution is 2.29. The third-order valence-electron chi connectivity index (χ3n) is 4.01. The number of nitrogens with zero attached hydrogens (tertiary/aromatic N) is 2. The molecule has 1 heterocycles. The van der Waals surface area contributed by atoms with Crippen LogP contribution in [0.5, 0.6) is 11.5 Å². The lowest BCUT2D eigenvalue weighted by Crippen LogP contribution is -2.12. The van der Waals surface area contributed by atoms with Gasteiger partial charge in [-0.1, -0.05) is 0 Å². The van der Waals surface area contributed by atoms with Crippen molar-refractivity contribution in [1.29, 1.82) is 0 Å². The van der Waals surface area contributed by atoms with Crippen LogP contribution >= 0.6 is 0 Å². The number of primary sulfonamides is 1. The number of nitro groups is 1. The number of nitro benzene ring substituents is 1. The van der Waals surface area contributed by atoms with Crippen molar-refractivity contribution in [2.75, 3.05) is 12.5 Å². The number of nitrogens with two attached hydrogens (primary N) is 1. The molecule has 12 nitrogen and oxygen atoms in total. The molecule has 3 aromatic rings. The van der Waals surface area contributed by atoms with Crippen molar-refractivity contribution in [1.82, 2.24) is 0 Å². The highest BCUT2D eigenvalue weighted by molar-refractivity contribution is 7.89. The fraction of sp³-hybridized carbons (Fsp3) is 0.0526. The number of anilines is 1. The van der Waals surface area contributed by atoms with Crippen LogP contribution in [0.15, 0.2) is 69.2 Å². The molecule has 0 aliphatic heterocycles. The quantitative estimate of drug-likeness (QED) is 0.168. The summed E-state index contributed by atoms with van der Waals surface area (Å²) in [7, 11) is -2.72. The van der Waals surface area contributed by atoms with E-state index in [0.717, 1.165) is 12.1 Å². The second-order valence-electron chi connectivity index (χ2n) is 6.13. The molecule has 0 fully saturated rings. The molecule has 0 aliphatic rings. The van der Waals surface area contributed by atoms with Crippen LogP contribution in [0, 0.1) is 10.1 Å². The summed E-state index contributed by atoms with van der Waals surface area (Å²) >= 11 is 0. The van der Waals surface area contributed by atoms with Crippen LogP contribution in [-0.4, -0.2) is 32.6 Å². The Morgan fingerprint density at radius 2 is 2.00 bits per heavy atom. The Kier molecular flexibility index (Phi) is 6.51. The van der Waals surface area contributed by atoms with E-state index < -0.39 is 31.5 Å². The molecule has 0 radical (unpaired) electrons. The summed E-state index contributed by atoms with van der Waals surface area (Å²) in [5, 5.41) is 20.2. The normalized spacial score (nSPS) is 11.3. The number of ether oxygens (including phenoxy) is 2. The number of nitrogens with one attached hydrogen (secondary N) is 1. The average molecular weight is 460 g/mol. The van der Waals surface area contributed by atoms with Crippen LogP contribution in [0.1, 0.15) is 16.1 Å². The smallest absolute Gasteiger partial charge is 0.379 e. The zero-order valence-corrected chi connectivity index (χ0v) is 17.2. The molecular weight excluding hydrogens is 444 g/mol. The van der Waals surface area contributed by atoms with E-state index in [4.69, 9.17) is 19.0 Å². The maximum atomic E-state index is 12.0. The first kappa shape index (κ1) is 22.5. The lowest BCUT2D eigenvalue weighted by atomic mass is 10.2. The van der Waals surface area contributed by atoms with E-state index in [0.29, 0.717) is 5.56 Å². The molecule has 0 atom stereocenters. The number of carbonyl (C=O) groups excluding carboxylic acids is 1. The summed E-state index contributed by atoms with van der Waals surface area (Å²) in [6, 6.07) is 10.7. The molecule has 0 saturated heterocycles. The molecule has 0 amide bonds. The van der Waals surface area contributed by atoms with Gasteiger partial charge in [0, 0.05) is 6.07 Å². The van der Waals surface area contributed by atoms with Gasteiger partial charge in [0.05, 0.1) is 29.4 Å². The first-order valence-corrected chi connectivity index (χ1v) is 10.3. The molecule has 32 heavy (non-hydrogen) atoms. The summed E-state index contributed by atoms with van der Waals surface area (Å²) in [4.78, 5) is 22.1. The molecule has 13 heteroatoms. The standard InChI is InChI=1S/C19H16N4O8S/c1-29-18-9-12(4-7-16(18)31-19(24)17-3-2-8-30-17)11-21-22-14-6-5-13(32(20,27)28)10-15(14)23(25)26/h2-11,22H,1H3,(H2,20,27,28). The molecule has 1 aromatic heterocycles. The van der Waals surface area contributed by atoms with Crippen molar-refractivity contribution < 1.29 is 32.0 Å². The number of methoxy groups -OCH3 is 1. The Hall–Kier alpha value is -4.23. The van der Waals surface area contributed by atoms with Gasteiger partial charge in [0.15, 0.2) is 11.5 Å². The lowest BCUT2D eigenvalue weighted by molar-refractivity contribution is -0.384. The van der Waals surface area contributed by atoms with E-state index in [1.807, 2.05) is 0 Å². The average Bonchev–Trinajstić information content (AvgIpc) is 3.29. The number of furan rings is 1. The minimum absolute atomic E-state index is 0.0249. The fourth-order valence-corrected chi connectivity index (χ4v) is 3.04. The second kappa shape index (κ2) is 9.28. The molecule has 0 bridgehead atoms. The largest absolute Gasteiger partial charge is 0.493 e. The van der Waals surface area contributed by atoms with Crippen LogP contribution < -0.4 is 20.0 Å². The second-order valence-corrected chi connectivity index (χ2v) is 7.69. The van der Waals surface area contributed by atoms with Crippen molar-refractivity contribution in [3.8, 4) is 11.5 Å². The van der Waals surface area contributed by atoms with Gasteiger partial charge in [-0.15, -0.1) is 0 Å². The fourth-order valence-electron chi connectivity index (χ4n) is 2.50. The Morgan fingerprint density at radius 3 is 2.62 bits per heavy atom. The minimum atomic E-state index is -4.10. The maximum absolute atomic E-state index is 12.0. The van der Waals surface area contributed by atoms with Gasteiger partial charge in [-0.3, -0.25) is 15.5 Å². The van der Waals surface area contributed by atoms with Gasteiger partial charge >= 0.3 is 5.97 Å². The maximum Gasteiger partial charge on any atom is 0.379 e. The predicted molar refractivity (Wildman–Crippen MR) is 112 cm³/mol. The number of hydrogen-bond donors (Lipinski definition) is 2. The van der Waals surface area contributed by atoms with Crippen molar-refractivity contribution >= 4 is 33.6 Å². The first-order chi connectivity index (χ1) is 15.2. The number of sulfonamides is 1. The van der Waals surface area contributed by atoms with Crippen molar-refractivity contribution in [3.63, 3.8) is 0 Å². The van der Waals surface area contributed by atoms with Crippen LogP contribution in [0.4, 0.5) is 11.4 Å². The van der Waals surface area contributed by atoms with Gasteiger partial charge < -0.3 is 13.9 Å². The molecular formula is C19H16N4O8S. The predicted octanol–water partition coefficient (Wildman–Crippen LogP) is 2.51. The van der Waals surface area contributed by atoms with E-state index in [2.05, 4.69) is 10.5 Å². The monoisotopic (exact) mass is 460 g/mol. The number of esters is 1. The van der Waals surface area contributed by atoms with Crippen LogP contribution in [0.3, 0.4) is 0 Å². The van der Waals surface area contributed by atoms with E-state index in [1.165, 1.54) is 43.9 Å². The molecule has 3 rings (SSSR count). The topological polar surface area (TPSA) is 176 Å². The van der Waals surface area contributed by atoms with Crippen LogP contribution in [0.2, 0.25) is 0 Å². The Morgan fingerprint density at radius 1 is 1.22 bits per heavy atom. The molecule has 0 spiro atoms. The number of rotatable bonds is 8. The molecule has 2 aromatic carbocycles. The molecule has 0 unspecified atom stereocenters. The van der Waals surface area contributed by atoms with Crippen molar-refractivity contribution in [2.45, 2.75) is 4.90 Å². The molecule has 0 saturated carbocycles. The van der Waals surface area contributed by atoms with Crippen molar-refractivity contribution in [2.24, 2.45) is 10.2 Å². The van der Waals surface area contributed by atoms with E-state index in [9.17, 15) is 23.3 Å². The number of benzene rings is 2. The van der Waals surface area contributed by atoms with E-state index in [1.54, 1.807) is 12.1 Å². The SMILES string of the molecule is COc1cc(C=NNc2ccc(S(N)(=O)=O)cc2[N+](=O)[O-])ccc1OC(=O)c1ccco1. The number of hydrogen-bond acceptors (Lipinski definition) is 10. The lowest BCUT2D eigenvalue weighted by Gasteiger charge is -2.09. The Balaban J connectivity index is 1.77. The summed E-state index contributed by atoms with van der Waals surface area (Å²) in [5.74, 6) is -0.297. The summed E-state index contributed by atoms with van der Waals surface area (Å²) in [5.41, 5.74) is 2.42. The van der Waals surface area contributed by atoms with Gasteiger partial charge in [-0.05, 0) is 48.0 Å². The van der Waals surface area contributed by atoms with Gasteiger partial charge in [0.2, 0.25) is 15.8 Å². The minimum Gasteiger partial charge on any atom is -0.493 e. The van der Waals surface area contributed by atoms with Gasteiger partial charge in [0.1, 0.15) is 5.69 Å². The zero-order valence-electron chi connectivity index (χ0n) is 16.4. The van der Waals surface area contributed by atoms with Crippen molar-refractivity contribution in [3.05, 3.63) is 76.2 Å². The number of hydrazone groups is 1. The number of carbonyl (C=O) groups is 1. The third-order valence-corrected chi connectivity index (χ3v) is 4.92. The van der Waals surface area contributed by atoms with Crippen LogP contribution in [-0.2, 0) is 10.0 Å². The van der Waals surface area contributed by atoms with Gasteiger partial charge in [-0.2, -0.15) is 5.10 Å². The van der Waals surface area contributed by atoms with Crippen LogP contribution in [0.25, 0.3) is 0 Å². The molecule has 0 aliphatic carbocycles. The van der Waals surface area contributed by atoms with E-state index >= 15 is 0 Å². The van der Waals surface area contributed by atoms with E-state index in [-0.39, 0.29) is 22.9 Å². The summed E-state index contributed by atoms with van der Waals surface area (Å²) in [6.45, 7) is 0. The van der Waals surface area contributed by atoms with Gasteiger partial charge in [-0.25, -0.2) is 18.4 Å². The Bertz CT molecular complexity index is 1290.